The van der Waals surface area contributed by atoms with E-state index in [0.717, 1.165) is 29.5 Å². The average molecular weight is 385 g/mol. The summed E-state index contributed by atoms with van der Waals surface area (Å²) in [6.45, 7) is 6.12. The number of hydrogen-bond acceptors (Lipinski definition) is 6. The lowest BCUT2D eigenvalue weighted by Crippen LogP contribution is -2.44. The summed E-state index contributed by atoms with van der Waals surface area (Å²) in [6.07, 6.45) is 4.10. The van der Waals surface area contributed by atoms with Crippen LogP contribution < -0.4 is 21.9 Å². The van der Waals surface area contributed by atoms with E-state index in [0.29, 0.717) is 30.2 Å². The Balaban J connectivity index is 2.29. The molecule has 1 fully saturated rings. The highest BCUT2D eigenvalue weighted by molar-refractivity contribution is 5.75. The van der Waals surface area contributed by atoms with Crippen LogP contribution in [0.25, 0.3) is 11.2 Å². The Labute approximate surface area is 163 Å². The topological polar surface area (TPSA) is 115 Å². The smallest absolute Gasteiger partial charge is 0.332 e. The molecule has 0 radical (unpaired) electrons. The molecule has 2 aromatic rings. The summed E-state index contributed by atoms with van der Waals surface area (Å²) in [7, 11) is 1.46. The number of piperidine rings is 1. The molecule has 1 atom stereocenters. The van der Waals surface area contributed by atoms with Crippen molar-refractivity contribution in [3.8, 4) is 6.07 Å². The van der Waals surface area contributed by atoms with Gasteiger partial charge in [-0.25, -0.2) is 4.79 Å². The molecule has 2 aromatic heterocycles. The van der Waals surface area contributed by atoms with Gasteiger partial charge in [-0.15, -0.1) is 0 Å². The quantitative estimate of drug-likeness (QED) is 0.758. The maximum atomic E-state index is 13.0. The first kappa shape index (κ1) is 19.9. The molecule has 0 aromatic carbocycles. The summed E-state index contributed by atoms with van der Waals surface area (Å²) in [5.74, 6) is 0.649. The van der Waals surface area contributed by atoms with Gasteiger partial charge >= 0.3 is 5.69 Å². The van der Waals surface area contributed by atoms with E-state index in [1.165, 1.54) is 11.6 Å². The molecule has 3 heterocycles. The fourth-order valence-corrected chi connectivity index (χ4v) is 3.59. The number of anilines is 1. The molecule has 9 heteroatoms. The maximum absolute atomic E-state index is 13.0. The normalized spacial score (nSPS) is 17.0. The van der Waals surface area contributed by atoms with Crippen molar-refractivity contribution in [2.24, 2.45) is 12.8 Å². The standard InChI is InChI=1S/C19H27N7O2/c1-13(2)7-11-25-15-16(22-18(25)24-9-4-6-14(21)12-24)26(10-5-8-20)19(28)23(3)17(15)27/h7,14H,4-6,9-12,21H2,1-3H3. The van der Waals surface area contributed by atoms with Gasteiger partial charge in [0.2, 0.25) is 5.95 Å². The average Bonchev–Trinajstić information content (AvgIpc) is 3.04. The second kappa shape index (κ2) is 8.02. The zero-order valence-electron chi connectivity index (χ0n) is 16.7. The van der Waals surface area contributed by atoms with E-state index in [9.17, 15) is 9.59 Å². The highest BCUT2D eigenvalue weighted by atomic mass is 16.2. The second-order valence-electron chi connectivity index (χ2n) is 7.53. The van der Waals surface area contributed by atoms with Gasteiger partial charge < -0.3 is 15.2 Å². The van der Waals surface area contributed by atoms with Gasteiger partial charge in [0, 0.05) is 39.3 Å². The van der Waals surface area contributed by atoms with Crippen LogP contribution in [-0.2, 0) is 20.1 Å². The Hall–Kier alpha value is -2.86. The van der Waals surface area contributed by atoms with Crippen molar-refractivity contribution >= 4 is 17.1 Å². The molecule has 2 N–H and O–H groups in total. The molecule has 1 unspecified atom stereocenters. The van der Waals surface area contributed by atoms with Crippen molar-refractivity contribution in [1.29, 1.82) is 5.26 Å². The van der Waals surface area contributed by atoms with E-state index in [-0.39, 0.29) is 24.6 Å². The Morgan fingerprint density at radius 2 is 2.11 bits per heavy atom. The summed E-state index contributed by atoms with van der Waals surface area (Å²) in [4.78, 5) is 32.4. The fraction of sp³-hybridized carbons (Fsp3) is 0.579. The summed E-state index contributed by atoms with van der Waals surface area (Å²) in [6, 6.07) is 2.10. The second-order valence-corrected chi connectivity index (χ2v) is 7.53. The Bertz CT molecular complexity index is 1060. The molecule has 9 nitrogen and oxygen atoms in total. The lowest BCUT2D eigenvalue weighted by Gasteiger charge is -2.31. The summed E-state index contributed by atoms with van der Waals surface area (Å²) >= 11 is 0. The minimum atomic E-state index is -0.457. The van der Waals surface area contributed by atoms with E-state index >= 15 is 0 Å². The predicted octanol–water partition coefficient (Wildman–Crippen LogP) is 0.704. The zero-order valence-corrected chi connectivity index (χ0v) is 16.7. The van der Waals surface area contributed by atoms with Gasteiger partial charge in [-0.2, -0.15) is 10.2 Å². The van der Waals surface area contributed by atoms with E-state index < -0.39 is 5.69 Å². The Morgan fingerprint density at radius 3 is 2.75 bits per heavy atom. The molecule has 150 valence electrons. The van der Waals surface area contributed by atoms with Crippen molar-refractivity contribution in [3.05, 3.63) is 32.5 Å². The van der Waals surface area contributed by atoms with E-state index in [1.807, 2.05) is 24.5 Å². The number of aromatic nitrogens is 4. The molecule has 28 heavy (non-hydrogen) atoms. The molecule has 3 rings (SSSR count). The van der Waals surface area contributed by atoms with Gasteiger partial charge in [0.1, 0.15) is 0 Å². The molecule has 0 amide bonds. The first-order valence-electron chi connectivity index (χ1n) is 9.56. The van der Waals surface area contributed by atoms with Crippen LogP contribution in [0.3, 0.4) is 0 Å². The molecular weight excluding hydrogens is 358 g/mol. The van der Waals surface area contributed by atoms with Crippen molar-refractivity contribution < 1.29 is 0 Å². The summed E-state index contributed by atoms with van der Waals surface area (Å²) in [5.41, 5.74) is 7.16. The number of aryl methyl sites for hydroxylation is 1. The third-order valence-electron chi connectivity index (χ3n) is 5.08. The Kier molecular flexibility index (Phi) is 5.70. The van der Waals surface area contributed by atoms with Gasteiger partial charge in [-0.3, -0.25) is 13.9 Å². The SMILES string of the molecule is CC(C)=CCn1c(N2CCCC(N)C2)nc2c1c(=O)n(C)c(=O)n2CCC#N. The van der Waals surface area contributed by atoms with Crippen molar-refractivity contribution in [1.82, 2.24) is 18.7 Å². The van der Waals surface area contributed by atoms with Crippen LogP contribution in [0.2, 0.25) is 0 Å². The molecular formula is C19H27N7O2. The third kappa shape index (κ3) is 3.60. The van der Waals surface area contributed by atoms with Crippen LogP contribution in [0, 0.1) is 11.3 Å². The lowest BCUT2D eigenvalue weighted by atomic mass is 10.1. The van der Waals surface area contributed by atoms with Crippen LogP contribution in [-0.4, -0.2) is 37.8 Å². The summed E-state index contributed by atoms with van der Waals surface area (Å²) in [5, 5.41) is 8.96. The van der Waals surface area contributed by atoms with Crippen molar-refractivity contribution in [2.45, 2.75) is 52.2 Å². The lowest BCUT2D eigenvalue weighted by molar-refractivity contribution is 0.495. The number of allylic oxidation sites excluding steroid dienone is 2. The first-order valence-corrected chi connectivity index (χ1v) is 9.56. The Morgan fingerprint density at radius 1 is 1.36 bits per heavy atom. The van der Waals surface area contributed by atoms with Gasteiger partial charge in [0.25, 0.3) is 5.56 Å². The van der Waals surface area contributed by atoms with Crippen molar-refractivity contribution in [2.75, 3.05) is 18.0 Å². The highest BCUT2D eigenvalue weighted by Crippen LogP contribution is 2.23. The van der Waals surface area contributed by atoms with Gasteiger partial charge in [-0.05, 0) is 26.7 Å². The minimum absolute atomic E-state index is 0.0501. The molecule has 1 aliphatic rings. The van der Waals surface area contributed by atoms with Crippen LogP contribution in [0.1, 0.15) is 33.1 Å². The summed E-state index contributed by atoms with van der Waals surface area (Å²) < 4.78 is 4.38. The first-order chi connectivity index (χ1) is 13.3. The van der Waals surface area contributed by atoms with E-state index in [2.05, 4.69) is 11.0 Å². The highest BCUT2D eigenvalue weighted by Gasteiger charge is 2.26. The molecule has 0 spiro atoms. The number of hydrogen-bond donors (Lipinski definition) is 1. The van der Waals surface area contributed by atoms with Crippen molar-refractivity contribution in [3.63, 3.8) is 0 Å². The molecule has 1 saturated heterocycles. The number of nitriles is 1. The number of imidazole rings is 1. The van der Waals surface area contributed by atoms with Gasteiger partial charge in [-0.1, -0.05) is 11.6 Å². The molecule has 1 aliphatic heterocycles. The third-order valence-corrected chi connectivity index (χ3v) is 5.08. The number of nitrogens with zero attached hydrogens (tertiary/aromatic N) is 6. The van der Waals surface area contributed by atoms with Crippen LogP contribution in [0.5, 0.6) is 0 Å². The van der Waals surface area contributed by atoms with Crippen LogP contribution in [0.15, 0.2) is 21.2 Å². The predicted molar refractivity (Wildman–Crippen MR) is 108 cm³/mol. The number of fused-ring (bicyclic) bond motifs is 1. The fourth-order valence-electron chi connectivity index (χ4n) is 3.59. The monoisotopic (exact) mass is 385 g/mol. The van der Waals surface area contributed by atoms with Crippen LogP contribution >= 0.6 is 0 Å². The molecule has 0 aliphatic carbocycles. The maximum Gasteiger partial charge on any atom is 0.332 e. The van der Waals surface area contributed by atoms with E-state index in [1.54, 1.807) is 0 Å². The molecule has 0 saturated carbocycles. The van der Waals surface area contributed by atoms with Gasteiger partial charge in [0.15, 0.2) is 11.2 Å². The van der Waals surface area contributed by atoms with E-state index in [4.69, 9.17) is 16.0 Å². The minimum Gasteiger partial charge on any atom is -0.341 e. The largest absolute Gasteiger partial charge is 0.341 e. The molecule has 0 bridgehead atoms. The number of nitrogens with two attached hydrogens (primary N) is 1. The zero-order chi connectivity index (χ0) is 20.4. The van der Waals surface area contributed by atoms with Gasteiger partial charge in [0.05, 0.1) is 12.5 Å². The number of rotatable bonds is 5. The van der Waals surface area contributed by atoms with Crippen LogP contribution in [0.4, 0.5) is 5.95 Å².